The Kier molecular flexibility index (Phi) is 3.88. The van der Waals surface area contributed by atoms with Gasteiger partial charge in [0.1, 0.15) is 17.5 Å². The Labute approximate surface area is 137 Å². The largest absolute Gasteiger partial charge is 0.306 e. The van der Waals surface area contributed by atoms with Gasteiger partial charge in [-0.15, -0.1) is 0 Å². The number of amides is 1. The molecule has 2 N–H and O–H groups in total. The summed E-state index contributed by atoms with van der Waals surface area (Å²) in [6.45, 7) is 3.69. The molecule has 0 aliphatic rings. The van der Waals surface area contributed by atoms with Gasteiger partial charge in [-0.25, -0.2) is 4.98 Å². The molecule has 1 aromatic carbocycles. The van der Waals surface area contributed by atoms with Crippen LogP contribution in [0.3, 0.4) is 0 Å². The molecule has 1 amide bonds. The van der Waals surface area contributed by atoms with Crippen LogP contribution in [0.2, 0.25) is 0 Å². The highest BCUT2D eigenvalue weighted by Crippen LogP contribution is 2.21. The molecule has 0 atom stereocenters. The van der Waals surface area contributed by atoms with Gasteiger partial charge < -0.3 is 5.32 Å². The number of fused-ring (bicyclic) bond motifs is 1. The Morgan fingerprint density at radius 2 is 2.04 bits per heavy atom. The van der Waals surface area contributed by atoms with Crippen LogP contribution in [0.5, 0.6) is 0 Å². The van der Waals surface area contributed by atoms with Gasteiger partial charge in [-0.05, 0) is 18.1 Å². The summed E-state index contributed by atoms with van der Waals surface area (Å²) in [5, 5.41) is 14.5. The second-order valence-electron chi connectivity index (χ2n) is 5.61. The highest BCUT2D eigenvalue weighted by molar-refractivity contribution is 6.04. The Balaban J connectivity index is 2.15. The minimum Gasteiger partial charge on any atom is -0.306 e. The number of nitrogens with zero attached hydrogens (tertiary/aromatic N) is 3. The first-order valence-electron chi connectivity index (χ1n) is 7.43. The molecule has 2 heterocycles. The highest BCUT2D eigenvalue weighted by Gasteiger charge is 2.20. The lowest BCUT2D eigenvalue weighted by Crippen LogP contribution is -2.25. The summed E-state index contributed by atoms with van der Waals surface area (Å²) in [5.74, 6) is -0.329. The number of nitriles is 1. The number of anilines is 1. The van der Waals surface area contributed by atoms with Gasteiger partial charge in [-0.3, -0.25) is 14.7 Å². The summed E-state index contributed by atoms with van der Waals surface area (Å²) in [4.78, 5) is 29.4. The van der Waals surface area contributed by atoms with Crippen molar-refractivity contribution in [2.75, 3.05) is 5.32 Å². The lowest BCUT2D eigenvalue weighted by Gasteiger charge is -2.12. The van der Waals surface area contributed by atoms with Crippen LogP contribution in [0, 0.1) is 11.3 Å². The third kappa shape index (κ3) is 2.54. The molecule has 0 radical (unpaired) electrons. The number of benzene rings is 1. The summed E-state index contributed by atoms with van der Waals surface area (Å²) in [5.41, 5.74) is 0.930. The summed E-state index contributed by atoms with van der Waals surface area (Å²) in [7, 11) is 0. The average Bonchev–Trinajstić information content (AvgIpc) is 2.98. The van der Waals surface area contributed by atoms with E-state index in [0.717, 1.165) is 0 Å². The van der Waals surface area contributed by atoms with Crippen molar-refractivity contribution in [3.8, 4) is 6.07 Å². The number of hydrogen-bond acceptors (Lipinski definition) is 4. The summed E-state index contributed by atoms with van der Waals surface area (Å²) >= 11 is 0. The predicted molar refractivity (Wildman–Crippen MR) is 89.0 cm³/mol. The minimum atomic E-state index is -0.359. The van der Waals surface area contributed by atoms with E-state index in [1.165, 1.54) is 10.7 Å². The molecule has 24 heavy (non-hydrogen) atoms. The van der Waals surface area contributed by atoms with Crippen molar-refractivity contribution in [1.29, 1.82) is 5.26 Å². The zero-order chi connectivity index (χ0) is 17.3. The van der Waals surface area contributed by atoms with Gasteiger partial charge in [0.2, 0.25) is 0 Å². The number of aromatic nitrogens is 3. The molecule has 2 aromatic heterocycles. The second-order valence-corrected chi connectivity index (χ2v) is 5.61. The van der Waals surface area contributed by atoms with Gasteiger partial charge in [0.05, 0.1) is 5.56 Å². The van der Waals surface area contributed by atoms with Crippen LogP contribution < -0.4 is 10.9 Å². The zero-order valence-electron chi connectivity index (χ0n) is 13.2. The van der Waals surface area contributed by atoms with E-state index in [4.69, 9.17) is 5.26 Å². The van der Waals surface area contributed by atoms with Crippen LogP contribution in [-0.4, -0.2) is 20.5 Å². The maximum absolute atomic E-state index is 12.7. The standard InChI is InChI=1S/C17H15N5O2/c1-10(2)13-14(21-16(23)11-6-4-3-5-7-11)20-15-12(8-18)9-19-22(15)17(13)24/h3-7,9-10,19H,1-2H3,(H,21,23). The van der Waals surface area contributed by atoms with Gasteiger partial charge in [0.25, 0.3) is 11.5 Å². The monoisotopic (exact) mass is 321 g/mol. The van der Waals surface area contributed by atoms with E-state index in [2.05, 4.69) is 15.4 Å². The Morgan fingerprint density at radius 3 is 2.67 bits per heavy atom. The molecule has 0 bridgehead atoms. The number of carbonyl (C=O) groups is 1. The average molecular weight is 321 g/mol. The summed E-state index contributed by atoms with van der Waals surface area (Å²) in [6.07, 6.45) is 1.41. The topological polar surface area (TPSA) is 103 Å². The van der Waals surface area contributed by atoms with Gasteiger partial charge in [0, 0.05) is 11.8 Å². The molecule has 7 nitrogen and oxygen atoms in total. The van der Waals surface area contributed by atoms with Crippen molar-refractivity contribution < 1.29 is 4.79 Å². The van der Waals surface area contributed by atoms with Crippen LogP contribution in [0.25, 0.3) is 5.65 Å². The van der Waals surface area contributed by atoms with E-state index in [-0.39, 0.29) is 34.4 Å². The van der Waals surface area contributed by atoms with Crippen LogP contribution in [0.15, 0.2) is 41.3 Å². The van der Waals surface area contributed by atoms with Crippen molar-refractivity contribution in [2.24, 2.45) is 0 Å². The van der Waals surface area contributed by atoms with Gasteiger partial charge in [-0.2, -0.15) is 9.78 Å². The lowest BCUT2D eigenvalue weighted by molar-refractivity contribution is 0.102. The number of aromatic amines is 1. The molecular weight excluding hydrogens is 306 g/mol. The third-order valence-electron chi connectivity index (χ3n) is 3.66. The normalized spacial score (nSPS) is 10.8. The van der Waals surface area contributed by atoms with E-state index in [1.807, 2.05) is 26.0 Å². The summed E-state index contributed by atoms with van der Waals surface area (Å²) in [6, 6.07) is 10.6. The lowest BCUT2D eigenvalue weighted by atomic mass is 10.1. The molecule has 0 spiro atoms. The van der Waals surface area contributed by atoms with E-state index >= 15 is 0 Å². The Bertz CT molecular complexity index is 1010. The zero-order valence-corrected chi connectivity index (χ0v) is 13.2. The molecule has 7 heteroatoms. The number of nitrogens with one attached hydrogen (secondary N) is 2. The minimum absolute atomic E-state index is 0.151. The Hall–Kier alpha value is -3.40. The molecular formula is C17H15N5O2. The predicted octanol–water partition coefficient (Wildman–Crippen LogP) is 2.27. The molecule has 0 fully saturated rings. The van der Waals surface area contributed by atoms with Crippen molar-refractivity contribution in [1.82, 2.24) is 14.6 Å². The molecule has 0 saturated carbocycles. The smallest absolute Gasteiger partial charge is 0.278 e. The highest BCUT2D eigenvalue weighted by atomic mass is 16.2. The fourth-order valence-electron chi connectivity index (χ4n) is 2.50. The SMILES string of the molecule is CC(C)c1c(NC(=O)c2ccccc2)nc2c(C#N)c[nH]n2c1=O. The second kappa shape index (κ2) is 6.01. The van der Waals surface area contributed by atoms with Gasteiger partial charge >= 0.3 is 0 Å². The maximum Gasteiger partial charge on any atom is 0.278 e. The van der Waals surface area contributed by atoms with E-state index in [0.29, 0.717) is 11.1 Å². The molecule has 120 valence electrons. The van der Waals surface area contributed by atoms with Gasteiger partial charge in [-0.1, -0.05) is 32.0 Å². The molecule has 0 aliphatic heterocycles. The van der Waals surface area contributed by atoms with E-state index in [1.54, 1.807) is 24.3 Å². The van der Waals surface area contributed by atoms with E-state index in [9.17, 15) is 9.59 Å². The first kappa shape index (κ1) is 15.5. The molecule has 3 aromatic rings. The summed E-state index contributed by atoms with van der Waals surface area (Å²) < 4.78 is 1.21. The maximum atomic E-state index is 12.7. The van der Waals surface area contributed by atoms with Crippen LogP contribution in [0.4, 0.5) is 5.82 Å². The first-order valence-corrected chi connectivity index (χ1v) is 7.43. The molecule has 3 rings (SSSR count). The van der Waals surface area contributed by atoms with Crippen LogP contribution in [-0.2, 0) is 0 Å². The van der Waals surface area contributed by atoms with Crippen molar-refractivity contribution in [2.45, 2.75) is 19.8 Å². The van der Waals surface area contributed by atoms with Gasteiger partial charge in [0.15, 0.2) is 5.65 Å². The van der Waals surface area contributed by atoms with Crippen molar-refractivity contribution in [3.05, 3.63) is 63.6 Å². The Morgan fingerprint density at radius 1 is 1.33 bits per heavy atom. The number of H-pyrrole nitrogens is 1. The molecule has 0 aliphatic carbocycles. The fraction of sp³-hybridized carbons (Fsp3) is 0.176. The third-order valence-corrected chi connectivity index (χ3v) is 3.66. The number of carbonyl (C=O) groups excluding carboxylic acids is 1. The van der Waals surface area contributed by atoms with Crippen molar-refractivity contribution >= 4 is 17.4 Å². The number of rotatable bonds is 3. The van der Waals surface area contributed by atoms with Crippen molar-refractivity contribution in [3.63, 3.8) is 0 Å². The number of hydrogen-bond donors (Lipinski definition) is 2. The first-order chi connectivity index (χ1) is 11.5. The fourth-order valence-corrected chi connectivity index (χ4v) is 2.50. The van der Waals surface area contributed by atoms with Crippen LogP contribution in [0.1, 0.15) is 41.3 Å². The van der Waals surface area contributed by atoms with Crippen LogP contribution >= 0.6 is 0 Å². The molecule has 0 unspecified atom stereocenters. The van der Waals surface area contributed by atoms with E-state index < -0.39 is 0 Å². The quantitative estimate of drug-likeness (QED) is 0.772. The molecule has 0 saturated heterocycles.